The highest BCUT2D eigenvalue weighted by atomic mass is 32.2. The van der Waals surface area contributed by atoms with Crippen LogP contribution in [0.4, 0.5) is 5.69 Å². The molecular formula is C17H28N4O4S. The van der Waals surface area contributed by atoms with Crippen LogP contribution in [0.1, 0.15) is 33.1 Å². The number of unbranched alkanes of at least 4 members (excludes halogenated alkanes) is 1. The van der Waals surface area contributed by atoms with Crippen molar-refractivity contribution in [2.75, 3.05) is 25.5 Å². The molecule has 2 amide bonds. The van der Waals surface area contributed by atoms with Gasteiger partial charge in [0.1, 0.15) is 0 Å². The molecule has 146 valence electrons. The molecule has 9 heteroatoms. The zero-order valence-electron chi connectivity index (χ0n) is 15.5. The molecule has 0 aromatic heterocycles. The van der Waals surface area contributed by atoms with Crippen molar-refractivity contribution in [2.24, 2.45) is 5.73 Å². The Morgan fingerprint density at radius 3 is 2.35 bits per heavy atom. The Bertz CT molecular complexity index is 704. The number of nitrogens with two attached hydrogens (primary N) is 1. The number of sulfonamides is 1. The minimum Gasteiger partial charge on any atom is -0.351 e. The predicted molar refractivity (Wildman–Crippen MR) is 101 cm³/mol. The summed E-state index contributed by atoms with van der Waals surface area (Å²) in [4.78, 5) is 23.2. The average molecular weight is 385 g/mol. The molecule has 0 radical (unpaired) electrons. The monoisotopic (exact) mass is 384 g/mol. The highest BCUT2D eigenvalue weighted by molar-refractivity contribution is 7.89. The van der Waals surface area contributed by atoms with Crippen molar-refractivity contribution < 1.29 is 18.0 Å². The number of benzene rings is 1. The number of nitrogens with zero attached hydrogens (tertiary/aromatic N) is 1. The van der Waals surface area contributed by atoms with Crippen LogP contribution in [0.25, 0.3) is 0 Å². The largest absolute Gasteiger partial charge is 0.351 e. The first-order valence-corrected chi connectivity index (χ1v) is 9.98. The Kier molecular flexibility index (Phi) is 8.70. The number of anilines is 1. The van der Waals surface area contributed by atoms with Gasteiger partial charge in [-0.05, 0) is 30.7 Å². The molecule has 4 N–H and O–H groups in total. The van der Waals surface area contributed by atoms with E-state index in [1.807, 2.05) is 6.92 Å². The molecule has 1 aromatic carbocycles. The fraction of sp³-hybridized carbons (Fsp3) is 0.529. The Hall–Kier alpha value is -1.97. The van der Waals surface area contributed by atoms with E-state index in [2.05, 4.69) is 10.6 Å². The lowest BCUT2D eigenvalue weighted by Crippen LogP contribution is -2.45. The van der Waals surface area contributed by atoms with Crippen LogP contribution < -0.4 is 16.4 Å². The first-order chi connectivity index (χ1) is 12.2. The van der Waals surface area contributed by atoms with E-state index < -0.39 is 15.9 Å². The highest BCUT2D eigenvalue weighted by Gasteiger charge is 2.23. The molecule has 0 spiro atoms. The summed E-state index contributed by atoms with van der Waals surface area (Å²) >= 11 is 0. The molecule has 1 rings (SSSR count). The first kappa shape index (κ1) is 22.1. The van der Waals surface area contributed by atoms with Gasteiger partial charge in [-0.1, -0.05) is 19.8 Å². The summed E-state index contributed by atoms with van der Waals surface area (Å²) in [5, 5.41) is 5.34. The van der Waals surface area contributed by atoms with Crippen molar-refractivity contribution in [3.8, 4) is 0 Å². The fourth-order valence-corrected chi connectivity index (χ4v) is 3.48. The van der Waals surface area contributed by atoms with Crippen molar-refractivity contribution in [2.45, 2.75) is 44.0 Å². The summed E-state index contributed by atoms with van der Waals surface area (Å²) in [7, 11) is -2.46. The topological polar surface area (TPSA) is 122 Å². The minimum absolute atomic E-state index is 0.0447. The molecule has 1 unspecified atom stereocenters. The van der Waals surface area contributed by atoms with Gasteiger partial charge < -0.3 is 16.4 Å². The van der Waals surface area contributed by atoms with Crippen molar-refractivity contribution in [3.63, 3.8) is 0 Å². The maximum absolute atomic E-state index is 12.6. The normalized spacial score (nSPS) is 12.7. The van der Waals surface area contributed by atoms with Crippen LogP contribution in [0.2, 0.25) is 0 Å². The van der Waals surface area contributed by atoms with Crippen LogP contribution in [-0.4, -0.2) is 50.7 Å². The van der Waals surface area contributed by atoms with Gasteiger partial charge in [-0.2, -0.15) is 4.31 Å². The van der Waals surface area contributed by atoms with Crippen LogP contribution in [0.3, 0.4) is 0 Å². The predicted octanol–water partition coefficient (Wildman–Crippen LogP) is 0.899. The summed E-state index contributed by atoms with van der Waals surface area (Å²) in [6, 6.07) is 5.61. The van der Waals surface area contributed by atoms with E-state index in [9.17, 15) is 18.0 Å². The molecule has 0 saturated carbocycles. The number of rotatable bonds is 10. The number of amides is 2. The summed E-state index contributed by atoms with van der Waals surface area (Å²) in [6.45, 7) is 3.43. The lowest BCUT2D eigenvalue weighted by molar-refractivity contribution is -0.121. The quantitative estimate of drug-likeness (QED) is 0.553. The molecule has 0 aliphatic carbocycles. The molecular weight excluding hydrogens is 356 g/mol. The van der Waals surface area contributed by atoms with Crippen molar-refractivity contribution >= 4 is 27.5 Å². The molecule has 1 aromatic rings. The van der Waals surface area contributed by atoms with Gasteiger partial charge in [0.25, 0.3) is 0 Å². The second-order valence-electron chi connectivity index (χ2n) is 6.11. The van der Waals surface area contributed by atoms with Crippen molar-refractivity contribution in [1.82, 2.24) is 9.62 Å². The summed E-state index contributed by atoms with van der Waals surface area (Å²) in [5.41, 5.74) is 6.14. The molecule has 1 atom stereocenters. The Morgan fingerprint density at radius 2 is 1.85 bits per heavy atom. The van der Waals surface area contributed by atoms with Gasteiger partial charge in [-0.15, -0.1) is 0 Å². The van der Waals surface area contributed by atoms with Gasteiger partial charge in [0.2, 0.25) is 21.8 Å². The van der Waals surface area contributed by atoms with Crippen LogP contribution in [0.5, 0.6) is 0 Å². The standard InChI is InChI=1S/C17H28N4O4S/c1-4-5-6-15(11-18)20-17(23)12-21(3)26(24,25)16-9-7-14(8-10-16)19-13(2)22/h7-10,15H,4-6,11-12,18H2,1-3H3,(H,19,22)(H,20,23). The van der Waals surface area contributed by atoms with Crippen LogP contribution in [0, 0.1) is 0 Å². The molecule has 0 fully saturated rings. The maximum Gasteiger partial charge on any atom is 0.243 e. The number of hydrogen-bond acceptors (Lipinski definition) is 5. The van der Waals surface area contributed by atoms with Crippen molar-refractivity contribution in [3.05, 3.63) is 24.3 Å². The van der Waals surface area contributed by atoms with Crippen molar-refractivity contribution in [1.29, 1.82) is 0 Å². The second kappa shape index (κ2) is 10.2. The Morgan fingerprint density at radius 1 is 1.23 bits per heavy atom. The molecule has 26 heavy (non-hydrogen) atoms. The Balaban J connectivity index is 2.73. The van der Waals surface area contributed by atoms with E-state index in [4.69, 9.17) is 5.73 Å². The lowest BCUT2D eigenvalue weighted by atomic mass is 10.1. The summed E-state index contributed by atoms with van der Waals surface area (Å²) in [5.74, 6) is -0.635. The van der Waals surface area contributed by atoms with E-state index >= 15 is 0 Å². The third-order valence-electron chi connectivity index (χ3n) is 3.80. The van der Waals surface area contributed by atoms with Gasteiger partial charge in [-0.3, -0.25) is 9.59 Å². The number of likely N-dealkylation sites (N-methyl/N-ethyl adjacent to an activating group) is 1. The first-order valence-electron chi connectivity index (χ1n) is 8.54. The molecule has 8 nitrogen and oxygen atoms in total. The van der Waals surface area contributed by atoms with Crippen LogP contribution >= 0.6 is 0 Å². The van der Waals surface area contributed by atoms with Gasteiger partial charge >= 0.3 is 0 Å². The zero-order chi connectivity index (χ0) is 19.7. The SMILES string of the molecule is CCCCC(CN)NC(=O)CN(C)S(=O)(=O)c1ccc(NC(C)=O)cc1. The van der Waals surface area contributed by atoms with E-state index in [1.54, 1.807) is 0 Å². The number of carbonyl (C=O) groups excluding carboxylic acids is 2. The van der Waals surface area contributed by atoms with Gasteiger partial charge in [0.05, 0.1) is 11.4 Å². The number of nitrogens with one attached hydrogen (secondary N) is 2. The van der Waals surface area contributed by atoms with E-state index in [1.165, 1.54) is 38.2 Å². The molecule has 0 aliphatic heterocycles. The summed E-state index contributed by atoms with van der Waals surface area (Å²) < 4.78 is 26.1. The van der Waals surface area contributed by atoms with E-state index in [0.29, 0.717) is 12.2 Å². The van der Waals surface area contributed by atoms with Gasteiger partial charge in [0, 0.05) is 32.2 Å². The fourth-order valence-electron chi connectivity index (χ4n) is 2.35. The number of carbonyl (C=O) groups is 2. The van der Waals surface area contributed by atoms with Gasteiger partial charge in [0.15, 0.2) is 0 Å². The Labute approximate surface area is 155 Å². The molecule has 0 bridgehead atoms. The second-order valence-corrected chi connectivity index (χ2v) is 8.15. The third-order valence-corrected chi connectivity index (χ3v) is 5.62. The summed E-state index contributed by atoms with van der Waals surface area (Å²) in [6.07, 6.45) is 2.70. The van der Waals surface area contributed by atoms with Crippen LogP contribution in [-0.2, 0) is 19.6 Å². The minimum atomic E-state index is -3.81. The van der Waals surface area contributed by atoms with Gasteiger partial charge in [-0.25, -0.2) is 8.42 Å². The lowest BCUT2D eigenvalue weighted by Gasteiger charge is -2.20. The van der Waals surface area contributed by atoms with Crippen LogP contribution in [0.15, 0.2) is 29.2 Å². The highest BCUT2D eigenvalue weighted by Crippen LogP contribution is 2.17. The number of hydrogen-bond donors (Lipinski definition) is 3. The van der Waals surface area contributed by atoms with E-state index in [-0.39, 0.29) is 23.4 Å². The molecule has 0 heterocycles. The maximum atomic E-state index is 12.6. The smallest absolute Gasteiger partial charge is 0.243 e. The van der Waals surface area contributed by atoms with E-state index in [0.717, 1.165) is 23.6 Å². The molecule has 0 saturated heterocycles. The zero-order valence-corrected chi connectivity index (χ0v) is 16.3. The molecule has 0 aliphatic rings. The third kappa shape index (κ3) is 6.74. The average Bonchev–Trinajstić information content (AvgIpc) is 2.58.